The molecule has 3 fully saturated rings. The van der Waals surface area contributed by atoms with Crippen LogP contribution in [0.3, 0.4) is 0 Å². The fourth-order valence-electron chi connectivity index (χ4n) is 6.77. The van der Waals surface area contributed by atoms with Gasteiger partial charge in [-0.3, -0.25) is 41.8 Å². The topological polar surface area (TPSA) is 281 Å². The summed E-state index contributed by atoms with van der Waals surface area (Å²) in [5.41, 5.74) is 6.37. The number of ketones is 1. The number of benzene rings is 2. The maximum atomic E-state index is 15.0. The van der Waals surface area contributed by atoms with Crippen molar-refractivity contribution in [3.05, 3.63) is 111 Å². The molecule has 9 atom stereocenters. The molecule has 0 spiro atoms. The number of fused-ring (bicyclic) bond motifs is 4. The fourth-order valence-corrected chi connectivity index (χ4v) is 11.1. The van der Waals surface area contributed by atoms with E-state index in [1.54, 1.807) is 28.8 Å². The molecular weight excluding hydrogens is 824 g/mol. The molecule has 0 radical (unpaired) electrons. The normalized spacial score (nSPS) is 30.3. The van der Waals surface area contributed by atoms with Crippen molar-refractivity contribution in [1.82, 2.24) is 29.1 Å². The molecule has 2 bridgehead atoms. The van der Waals surface area contributed by atoms with E-state index in [1.807, 2.05) is 0 Å². The number of phenols is 1. The minimum absolute atomic E-state index is 0.0219. The molecule has 3 aromatic heterocycles. The Morgan fingerprint density at radius 2 is 1.67 bits per heavy atom. The van der Waals surface area contributed by atoms with Gasteiger partial charge in [-0.05, 0) is 41.2 Å². The molecule has 3 aliphatic rings. The number of phenolic OH excluding ortho intramolecular Hbond substituents is 1. The summed E-state index contributed by atoms with van der Waals surface area (Å²) >= 11 is 0.775. The van der Waals surface area contributed by atoms with Crippen LogP contribution in [0.4, 0.5) is 5.82 Å². The van der Waals surface area contributed by atoms with Crippen molar-refractivity contribution in [2.45, 2.75) is 55.1 Å². The lowest BCUT2D eigenvalue weighted by Gasteiger charge is -2.28. The molecule has 6 heterocycles. The maximum absolute atomic E-state index is 15.0. The first-order valence-corrected chi connectivity index (χ1v) is 22.2. The molecule has 3 aliphatic heterocycles. The average Bonchev–Trinajstić information content (AvgIpc) is 3.91. The highest BCUT2D eigenvalue weighted by molar-refractivity contribution is 8.54. The summed E-state index contributed by atoms with van der Waals surface area (Å²) in [6.07, 6.45) is -4.58. The maximum Gasteiger partial charge on any atom is 0.472 e. The van der Waals surface area contributed by atoms with Gasteiger partial charge in [0.15, 0.2) is 23.5 Å². The number of methoxy groups -OCH3 is 1. The first-order valence-electron chi connectivity index (χ1n) is 17.5. The van der Waals surface area contributed by atoms with Crippen LogP contribution in [0, 0.1) is 0 Å². The number of carbonyl (C=O) groups excluding carboxylic acids is 1. The van der Waals surface area contributed by atoms with Gasteiger partial charge >= 0.3 is 20.3 Å². The zero-order valence-electron chi connectivity index (χ0n) is 30.2. The van der Waals surface area contributed by atoms with Crippen LogP contribution in [0.5, 0.6) is 5.75 Å². The summed E-state index contributed by atoms with van der Waals surface area (Å²) in [6, 6.07) is 13.4. The standard InChI is InChI=1S/C34H35N7O14P2S/c1-49-29-24-14-50-56(46,47)54-22-12-26(41-17-38-27-31(35)36-16-37-32(27)41)52-23(22)13-51-57(48,55-30(29)33(53-24)40-11-10-25(43)39-34(40)45)58-15-18-2-4-19(5-3-18)28(44)20-6-8-21(42)9-7-20/h2-11,16-17,22-24,26,29-30,33,42H,12-15H2,1H3,(H,46,47)(H2,35,36,37)(H,39,43,45)/t22?,23-,24-,26-,29-,30-,33-,57?/m1/s1. The Kier molecular flexibility index (Phi) is 11.3. The summed E-state index contributed by atoms with van der Waals surface area (Å²) in [4.78, 5) is 63.5. The van der Waals surface area contributed by atoms with Crippen molar-refractivity contribution < 1.29 is 56.2 Å². The van der Waals surface area contributed by atoms with E-state index in [0.29, 0.717) is 27.9 Å². The van der Waals surface area contributed by atoms with Crippen LogP contribution >= 0.6 is 26.0 Å². The summed E-state index contributed by atoms with van der Waals surface area (Å²) in [5, 5.41) is 9.60. The van der Waals surface area contributed by atoms with Gasteiger partial charge in [0, 0.05) is 42.7 Å². The Bertz CT molecular complexity index is 2540. The Hall–Kier alpha value is -4.57. The highest BCUT2D eigenvalue weighted by atomic mass is 32.7. The van der Waals surface area contributed by atoms with Gasteiger partial charge in [-0.15, -0.1) is 0 Å². The number of nitrogens with zero attached hydrogens (tertiary/aromatic N) is 5. The third-order valence-corrected chi connectivity index (χ3v) is 14.3. The lowest BCUT2D eigenvalue weighted by molar-refractivity contribution is -0.0653. The van der Waals surface area contributed by atoms with Crippen molar-refractivity contribution in [2.75, 3.05) is 26.1 Å². The van der Waals surface area contributed by atoms with E-state index in [4.69, 9.17) is 38.0 Å². The number of carbonyl (C=O) groups is 1. The number of aromatic nitrogens is 6. The second-order valence-corrected chi connectivity index (χ2v) is 18.7. The molecule has 3 saturated heterocycles. The number of nitrogens with two attached hydrogens (primary N) is 1. The van der Waals surface area contributed by atoms with Crippen molar-refractivity contribution in [3.63, 3.8) is 0 Å². The highest BCUT2D eigenvalue weighted by Gasteiger charge is 2.53. The van der Waals surface area contributed by atoms with Gasteiger partial charge in [0.2, 0.25) is 0 Å². The van der Waals surface area contributed by atoms with Gasteiger partial charge < -0.3 is 29.9 Å². The number of rotatable bonds is 8. The molecular formula is C34H35N7O14P2S. The third-order valence-electron chi connectivity index (χ3n) is 9.61. The van der Waals surface area contributed by atoms with Crippen LogP contribution in [0.25, 0.3) is 11.2 Å². The minimum Gasteiger partial charge on any atom is -0.508 e. The number of phosphoric acid groups is 1. The molecule has 21 nitrogen and oxygen atoms in total. The number of ether oxygens (including phenoxy) is 3. The number of hydrogen-bond acceptors (Lipinski definition) is 18. The van der Waals surface area contributed by atoms with Crippen molar-refractivity contribution in [1.29, 1.82) is 0 Å². The molecule has 24 heteroatoms. The van der Waals surface area contributed by atoms with Crippen LogP contribution < -0.4 is 17.0 Å². The van der Waals surface area contributed by atoms with E-state index in [9.17, 15) is 28.9 Å². The number of nitrogen functional groups attached to an aromatic ring is 1. The largest absolute Gasteiger partial charge is 0.508 e. The summed E-state index contributed by atoms with van der Waals surface area (Å²) in [7, 11) is -3.59. The van der Waals surface area contributed by atoms with Crippen LogP contribution in [-0.2, 0) is 47.2 Å². The SMILES string of the molecule is CO[C@H]1[C@H]2OP(=O)(SCc3ccc(C(=O)c4ccc(O)cc4)cc3)OC[C@H]3O[C@@H](n4cnc5c(N)ncnc54)CC3OP(=O)(O)OC[C@H]1O[C@H]2n1ccc(=O)[nH]c1=O. The molecule has 306 valence electrons. The number of H-pyrrole nitrogens is 1. The number of aromatic amines is 1. The summed E-state index contributed by atoms with van der Waals surface area (Å²) < 4.78 is 72.5. The van der Waals surface area contributed by atoms with Gasteiger partial charge in [-0.2, -0.15) is 0 Å². The van der Waals surface area contributed by atoms with E-state index in [-0.39, 0.29) is 29.5 Å². The molecule has 58 heavy (non-hydrogen) atoms. The molecule has 5 N–H and O–H groups in total. The second-order valence-electron chi connectivity index (χ2n) is 13.3. The second kappa shape index (κ2) is 16.2. The third kappa shape index (κ3) is 8.31. The zero-order valence-corrected chi connectivity index (χ0v) is 32.8. The molecule has 0 saturated carbocycles. The number of imidazole rings is 1. The molecule has 0 aliphatic carbocycles. The van der Waals surface area contributed by atoms with Gasteiger partial charge in [-0.25, -0.2) is 28.9 Å². The number of aromatic hydroxyl groups is 1. The van der Waals surface area contributed by atoms with E-state index >= 15 is 4.57 Å². The van der Waals surface area contributed by atoms with Crippen LogP contribution in [0.2, 0.25) is 0 Å². The number of nitrogens with one attached hydrogen (secondary N) is 1. The summed E-state index contributed by atoms with van der Waals surface area (Å²) in [5.74, 6) is -0.106. The van der Waals surface area contributed by atoms with Crippen LogP contribution in [0.1, 0.15) is 40.4 Å². The number of phosphoric ester groups is 1. The predicted octanol–water partition coefficient (Wildman–Crippen LogP) is 3.05. The highest BCUT2D eigenvalue weighted by Crippen LogP contribution is 2.65. The number of hydrogen-bond donors (Lipinski definition) is 4. The zero-order chi connectivity index (χ0) is 40.8. The molecule has 5 aromatic rings. The first kappa shape index (κ1) is 40.2. The predicted molar refractivity (Wildman–Crippen MR) is 203 cm³/mol. The molecule has 3 unspecified atom stereocenters. The molecule has 2 aromatic carbocycles. The first-order chi connectivity index (χ1) is 27.8. The van der Waals surface area contributed by atoms with Crippen molar-refractivity contribution in [3.8, 4) is 5.75 Å². The van der Waals surface area contributed by atoms with E-state index in [1.165, 1.54) is 44.0 Å². The minimum atomic E-state index is -4.88. The van der Waals surface area contributed by atoms with Crippen LogP contribution in [-0.4, -0.2) is 95.7 Å². The Morgan fingerprint density at radius 1 is 0.948 bits per heavy atom. The van der Waals surface area contributed by atoms with E-state index in [2.05, 4.69) is 19.9 Å². The van der Waals surface area contributed by atoms with E-state index in [0.717, 1.165) is 28.2 Å². The molecule has 8 rings (SSSR count). The molecule has 0 amide bonds. The van der Waals surface area contributed by atoms with E-state index < -0.39 is 82.1 Å². The number of anilines is 1. The lowest BCUT2D eigenvalue weighted by Crippen LogP contribution is -2.39. The van der Waals surface area contributed by atoms with Crippen molar-refractivity contribution >= 4 is 48.8 Å². The Labute approximate surface area is 331 Å². The monoisotopic (exact) mass is 859 g/mol. The fraction of sp³-hybridized carbons (Fsp3) is 0.353. The summed E-state index contributed by atoms with van der Waals surface area (Å²) in [6.45, 7) is -5.52. The van der Waals surface area contributed by atoms with Gasteiger partial charge in [0.1, 0.15) is 54.3 Å². The lowest BCUT2D eigenvalue weighted by atomic mass is 10.0. The van der Waals surface area contributed by atoms with Gasteiger partial charge in [0.25, 0.3) is 5.56 Å². The Balaban J connectivity index is 1.11. The average molecular weight is 860 g/mol. The van der Waals surface area contributed by atoms with Crippen LogP contribution in [0.15, 0.2) is 83.0 Å². The van der Waals surface area contributed by atoms with Crippen molar-refractivity contribution in [2.24, 2.45) is 0 Å². The van der Waals surface area contributed by atoms with Gasteiger partial charge in [-0.1, -0.05) is 24.3 Å². The van der Waals surface area contributed by atoms with Gasteiger partial charge in [0.05, 0.1) is 19.5 Å². The smallest absolute Gasteiger partial charge is 0.472 e. The Morgan fingerprint density at radius 3 is 2.40 bits per heavy atom. The quantitative estimate of drug-likeness (QED) is 0.129.